The van der Waals surface area contributed by atoms with Gasteiger partial charge in [0.25, 0.3) is 0 Å². The van der Waals surface area contributed by atoms with E-state index < -0.39 is 0 Å². The van der Waals surface area contributed by atoms with Gasteiger partial charge in [-0.1, -0.05) is 0 Å². The van der Waals surface area contributed by atoms with Crippen molar-refractivity contribution in [1.29, 1.82) is 0 Å². The van der Waals surface area contributed by atoms with E-state index in [0.29, 0.717) is 6.54 Å². The fourth-order valence-corrected chi connectivity index (χ4v) is 1.15. The van der Waals surface area contributed by atoms with Gasteiger partial charge in [-0.2, -0.15) is 5.10 Å². The number of nitrogens with two attached hydrogens (primary N) is 1. The van der Waals surface area contributed by atoms with Gasteiger partial charge >= 0.3 is 0 Å². The van der Waals surface area contributed by atoms with Crippen molar-refractivity contribution < 1.29 is 4.74 Å². The summed E-state index contributed by atoms with van der Waals surface area (Å²) in [5, 5.41) is 4.17. The molecule has 4 heteroatoms. The highest BCUT2D eigenvalue weighted by molar-refractivity contribution is 5.29. The molecular weight excluding hydrogens is 142 g/mol. The van der Waals surface area contributed by atoms with Gasteiger partial charge in [0.1, 0.15) is 0 Å². The van der Waals surface area contributed by atoms with Crippen LogP contribution in [0.15, 0.2) is 0 Å². The van der Waals surface area contributed by atoms with Crippen LogP contribution >= 0.6 is 0 Å². The van der Waals surface area contributed by atoms with Crippen LogP contribution in [0.3, 0.4) is 0 Å². The summed E-state index contributed by atoms with van der Waals surface area (Å²) in [5.74, 6) is 0.783. The summed E-state index contributed by atoms with van der Waals surface area (Å²) in [6, 6.07) is 0. The average molecular weight is 155 g/mol. The number of rotatable bonds is 2. The summed E-state index contributed by atoms with van der Waals surface area (Å²) in [7, 11) is 3.47. The topological polar surface area (TPSA) is 53.1 Å². The molecular formula is C7H13N3O. The van der Waals surface area contributed by atoms with Gasteiger partial charge in [0, 0.05) is 19.2 Å². The predicted molar refractivity (Wildman–Crippen MR) is 42.4 cm³/mol. The second kappa shape index (κ2) is 2.92. The average Bonchev–Trinajstić information content (AvgIpc) is 2.26. The standard InChI is InChI=1S/C7H13N3O/c1-5-6(4-8)9-10(2)7(5)11-3/h4,8H2,1-3H3. The largest absolute Gasteiger partial charge is 0.481 e. The molecule has 0 aliphatic carbocycles. The second-order valence-corrected chi connectivity index (χ2v) is 2.41. The molecule has 1 aromatic heterocycles. The van der Waals surface area contributed by atoms with Crippen LogP contribution in [0.2, 0.25) is 0 Å². The van der Waals surface area contributed by atoms with Crippen LogP contribution in [0.25, 0.3) is 0 Å². The van der Waals surface area contributed by atoms with Crippen molar-refractivity contribution in [3.63, 3.8) is 0 Å². The predicted octanol–water partition coefficient (Wildman–Crippen LogP) is 0.196. The van der Waals surface area contributed by atoms with Crippen molar-refractivity contribution in [2.45, 2.75) is 13.5 Å². The highest BCUT2D eigenvalue weighted by Crippen LogP contribution is 2.18. The molecule has 1 rings (SSSR count). The molecule has 0 aromatic carbocycles. The molecule has 0 unspecified atom stereocenters. The maximum absolute atomic E-state index is 5.46. The molecule has 0 atom stereocenters. The van der Waals surface area contributed by atoms with Gasteiger partial charge in [0.2, 0.25) is 5.88 Å². The lowest BCUT2D eigenvalue weighted by Gasteiger charge is -1.98. The first kappa shape index (κ1) is 8.07. The Labute approximate surface area is 66.0 Å². The third-order valence-electron chi connectivity index (χ3n) is 1.70. The molecule has 0 amide bonds. The fourth-order valence-electron chi connectivity index (χ4n) is 1.15. The highest BCUT2D eigenvalue weighted by atomic mass is 16.5. The SMILES string of the molecule is COc1c(C)c(CN)nn1C. The Morgan fingerprint density at radius 3 is 2.55 bits per heavy atom. The maximum atomic E-state index is 5.46. The second-order valence-electron chi connectivity index (χ2n) is 2.41. The van der Waals surface area contributed by atoms with Crippen molar-refractivity contribution in [1.82, 2.24) is 9.78 Å². The van der Waals surface area contributed by atoms with Crippen LogP contribution in [0, 0.1) is 6.92 Å². The van der Waals surface area contributed by atoms with E-state index in [2.05, 4.69) is 5.10 Å². The zero-order valence-electron chi connectivity index (χ0n) is 7.09. The summed E-state index contributed by atoms with van der Waals surface area (Å²) in [4.78, 5) is 0. The van der Waals surface area contributed by atoms with Crippen molar-refractivity contribution in [3.05, 3.63) is 11.3 Å². The third kappa shape index (κ3) is 1.21. The van der Waals surface area contributed by atoms with Gasteiger partial charge in [-0.25, -0.2) is 4.68 Å². The normalized spacial score (nSPS) is 10.2. The van der Waals surface area contributed by atoms with Gasteiger partial charge < -0.3 is 10.5 Å². The molecule has 11 heavy (non-hydrogen) atoms. The molecule has 0 fully saturated rings. The van der Waals surface area contributed by atoms with E-state index in [1.165, 1.54) is 0 Å². The Morgan fingerprint density at radius 2 is 2.27 bits per heavy atom. The quantitative estimate of drug-likeness (QED) is 0.663. The number of aryl methyl sites for hydroxylation is 1. The van der Waals surface area contributed by atoms with Crippen LogP contribution < -0.4 is 10.5 Å². The summed E-state index contributed by atoms with van der Waals surface area (Å²) in [6.45, 7) is 2.41. The lowest BCUT2D eigenvalue weighted by molar-refractivity contribution is 0.371. The molecule has 0 aliphatic heterocycles. The Balaban J connectivity index is 3.14. The van der Waals surface area contributed by atoms with Crippen LogP contribution in [0.4, 0.5) is 0 Å². The van der Waals surface area contributed by atoms with Crippen LogP contribution in [0.1, 0.15) is 11.3 Å². The molecule has 0 radical (unpaired) electrons. The number of ether oxygens (including phenoxy) is 1. The van der Waals surface area contributed by atoms with Crippen molar-refractivity contribution in [2.75, 3.05) is 7.11 Å². The molecule has 0 spiro atoms. The molecule has 1 heterocycles. The van der Waals surface area contributed by atoms with E-state index in [-0.39, 0.29) is 0 Å². The molecule has 0 aliphatic rings. The maximum Gasteiger partial charge on any atom is 0.214 e. The minimum Gasteiger partial charge on any atom is -0.481 e. The summed E-state index contributed by atoms with van der Waals surface area (Å²) >= 11 is 0. The zero-order valence-corrected chi connectivity index (χ0v) is 7.09. The van der Waals surface area contributed by atoms with Gasteiger partial charge in [-0.3, -0.25) is 0 Å². The summed E-state index contributed by atoms with van der Waals surface area (Å²) in [5.41, 5.74) is 7.37. The third-order valence-corrected chi connectivity index (χ3v) is 1.70. The zero-order chi connectivity index (χ0) is 8.43. The molecule has 4 nitrogen and oxygen atoms in total. The van der Waals surface area contributed by atoms with Gasteiger partial charge in [0.05, 0.1) is 12.8 Å². The lowest BCUT2D eigenvalue weighted by Crippen LogP contribution is -1.99. The first-order chi connectivity index (χ1) is 5.20. The Hall–Kier alpha value is -1.03. The van der Waals surface area contributed by atoms with E-state index in [9.17, 15) is 0 Å². The molecule has 62 valence electrons. The number of nitrogens with zero attached hydrogens (tertiary/aromatic N) is 2. The smallest absolute Gasteiger partial charge is 0.214 e. The molecule has 0 saturated carbocycles. The highest BCUT2D eigenvalue weighted by Gasteiger charge is 2.09. The lowest BCUT2D eigenvalue weighted by atomic mass is 10.3. The number of methoxy groups -OCH3 is 1. The number of hydrogen-bond acceptors (Lipinski definition) is 3. The molecule has 1 aromatic rings. The van der Waals surface area contributed by atoms with E-state index in [1.807, 2.05) is 14.0 Å². The van der Waals surface area contributed by atoms with E-state index in [0.717, 1.165) is 17.1 Å². The monoisotopic (exact) mass is 155 g/mol. The van der Waals surface area contributed by atoms with E-state index >= 15 is 0 Å². The van der Waals surface area contributed by atoms with Crippen molar-refractivity contribution in [3.8, 4) is 5.88 Å². The Kier molecular flexibility index (Phi) is 2.14. The van der Waals surface area contributed by atoms with Crippen LogP contribution in [0.5, 0.6) is 5.88 Å². The van der Waals surface area contributed by atoms with Crippen LogP contribution in [-0.4, -0.2) is 16.9 Å². The number of hydrogen-bond donors (Lipinski definition) is 1. The minimum atomic E-state index is 0.461. The minimum absolute atomic E-state index is 0.461. The molecule has 0 bridgehead atoms. The van der Waals surface area contributed by atoms with E-state index in [1.54, 1.807) is 11.8 Å². The van der Waals surface area contributed by atoms with E-state index in [4.69, 9.17) is 10.5 Å². The Morgan fingerprint density at radius 1 is 1.64 bits per heavy atom. The summed E-state index contributed by atoms with van der Waals surface area (Å²) < 4.78 is 6.80. The first-order valence-electron chi connectivity index (χ1n) is 3.47. The fraction of sp³-hybridized carbons (Fsp3) is 0.571. The van der Waals surface area contributed by atoms with Gasteiger partial charge in [-0.05, 0) is 6.92 Å². The first-order valence-corrected chi connectivity index (χ1v) is 3.47. The molecule has 0 saturated heterocycles. The Bertz CT molecular complexity index is 254. The van der Waals surface area contributed by atoms with Gasteiger partial charge in [-0.15, -0.1) is 0 Å². The van der Waals surface area contributed by atoms with Gasteiger partial charge in [0.15, 0.2) is 0 Å². The van der Waals surface area contributed by atoms with Crippen LogP contribution in [-0.2, 0) is 13.6 Å². The number of aromatic nitrogens is 2. The summed E-state index contributed by atoms with van der Waals surface area (Å²) in [6.07, 6.45) is 0. The van der Waals surface area contributed by atoms with Crippen molar-refractivity contribution >= 4 is 0 Å². The molecule has 2 N–H and O–H groups in total. The van der Waals surface area contributed by atoms with Crippen molar-refractivity contribution in [2.24, 2.45) is 12.8 Å².